The van der Waals surface area contributed by atoms with E-state index in [4.69, 9.17) is 11.6 Å². The quantitative estimate of drug-likeness (QED) is 0.521. The summed E-state index contributed by atoms with van der Waals surface area (Å²) in [6.07, 6.45) is 3.00. The van der Waals surface area contributed by atoms with Crippen LogP contribution in [0.1, 0.15) is 52.0 Å². The molecule has 2 atom stereocenters. The summed E-state index contributed by atoms with van der Waals surface area (Å²) in [7, 11) is 0. The van der Waals surface area contributed by atoms with E-state index in [0.29, 0.717) is 23.4 Å². The Morgan fingerprint density at radius 3 is 1.97 bits per heavy atom. The molecule has 2 aromatic rings. The lowest BCUT2D eigenvalue weighted by Crippen LogP contribution is -2.52. The summed E-state index contributed by atoms with van der Waals surface area (Å²) < 4.78 is 0. The van der Waals surface area contributed by atoms with E-state index in [0.717, 1.165) is 28.4 Å². The summed E-state index contributed by atoms with van der Waals surface area (Å²) in [4.78, 5) is 52.6. The molecule has 7 heteroatoms. The third-order valence-corrected chi connectivity index (χ3v) is 6.30. The van der Waals surface area contributed by atoms with Crippen LogP contribution >= 0.6 is 11.6 Å². The molecular formula is C24H23ClN2O4. The van der Waals surface area contributed by atoms with E-state index in [2.05, 4.69) is 0 Å². The number of carbonyl (C=O) groups is 4. The lowest BCUT2D eigenvalue weighted by Gasteiger charge is -2.30. The van der Waals surface area contributed by atoms with Crippen LogP contribution in [-0.2, 0) is 9.59 Å². The average Bonchev–Trinajstić information content (AvgIpc) is 3.03. The van der Waals surface area contributed by atoms with Gasteiger partial charge in [0.25, 0.3) is 17.7 Å². The third kappa shape index (κ3) is 4.12. The normalized spacial score (nSPS) is 20.5. The van der Waals surface area contributed by atoms with Gasteiger partial charge in [0.15, 0.2) is 5.78 Å². The number of ketones is 1. The van der Waals surface area contributed by atoms with E-state index >= 15 is 0 Å². The molecule has 4 rings (SSSR count). The number of fused-ring (bicyclic) bond motifs is 1. The molecule has 2 aliphatic rings. The first-order valence-corrected chi connectivity index (χ1v) is 10.8. The summed E-state index contributed by atoms with van der Waals surface area (Å²) in [5, 5.41) is 2.39. The molecule has 31 heavy (non-hydrogen) atoms. The van der Waals surface area contributed by atoms with Gasteiger partial charge in [-0.3, -0.25) is 19.2 Å². The van der Waals surface area contributed by atoms with Gasteiger partial charge in [-0.15, -0.1) is 0 Å². The minimum Gasteiger partial charge on any atom is -0.292 e. The van der Waals surface area contributed by atoms with Crippen LogP contribution in [0.25, 0.3) is 0 Å². The molecule has 0 aromatic heterocycles. The van der Waals surface area contributed by atoms with Crippen molar-refractivity contribution >= 4 is 35.1 Å². The fourth-order valence-electron chi connectivity index (χ4n) is 4.32. The zero-order chi connectivity index (χ0) is 22.1. The summed E-state index contributed by atoms with van der Waals surface area (Å²) in [5.74, 6) is -2.56. The maximum Gasteiger partial charge on any atom is 0.273 e. The van der Waals surface area contributed by atoms with Gasteiger partial charge in [0.1, 0.15) is 6.54 Å². The van der Waals surface area contributed by atoms with Crippen LogP contribution in [0.2, 0.25) is 5.02 Å². The maximum atomic E-state index is 13.3. The Hall–Kier alpha value is -2.99. The average molecular weight is 439 g/mol. The number of hydrogen-bond acceptors (Lipinski definition) is 4. The number of rotatable bonds is 5. The van der Waals surface area contributed by atoms with Crippen molar-refractivity contribution in [2.75, 3.05) is 6.54 Å². The smallest absolute Gasteiger partial charge is 0.273 e. The fraction of sp³-hybridized carbons (Fsp3) is 0.333. The Morgan fingerprint density at radius 1 is 0.903 bits per heavy atom. The van der Waals surface area contributed by atoms with E-state index in [-0.39, 0.29) is 11.3 Å². The van der Waals surface area contributed by atoms with Gasteiger partial charge in [-0.2, -0.15) is 5.01 Å². The Balaban J connectivity index is 1.68. The zero-order valence-corrected chi connectivity index (χ0v) is 18.0. The molecule has 0 bridgehead atoms. The van der Waals surface area contributed by atoms with Gasteiger partial charge in [-0.25, -0.2) is 5.01 Å². The Bertz CT molecular complexity index is 1010. The SMILES string of the molecule is Cc1ccc(C(=O)CN(C(=O)c2ccc(Cl)cc2)N2C(=O)[C@@H]3CCCC[C@H]3C2=O)cc1. The van der Waals surface area contributed by atoms with Crippen molar-refractivity contribution in [3.05, 3.63) is 70.2 Å². The van der Waals surface area contributed by atoms with Gasteiger partial charge in [-0.1, -0.05) is 54.3 Å². The second kappa shape index (κ2) is 8.63. The Kier molecular flexibility index (Phi) is 5.92. The number of imide groups is 1. The monoisotopic (exact) mass is 438 g/mol. The highest BCUT2D eigenvalue weighted by Gasteiger charge is 2.51. The van der Waals surface area contributed by atoms with Gasteiger partial charge in [0, 0.05) is 16.1 Å². The third-order valence-electron chi connectivity index (χ3n) is 6.05. The molecule has 0 unspecified atom stereocenters. The maximum absolute atomic E-state index is 13.3. The number of nitrogens with zero attached hydrogens (tertiary/aromatic N) is 2. The zero-order valence-electron chi connectivity index (χ0n) is 17.2. The second-order valence-electron chi connectivity index (χ2n) is 8.14. The van der Waals surface area contributed by atoms with Crippen LogP contribution in [0, 0.1) is 18.8 Å². The van der Waals surface area contributed by atoms with Crippen LogP contribution in [-0.4, -0.2) is 40.1 Å². The number of aryl methyl sites for hydroxylation is 1. The first kappa shape index (κ1) is 21.2. The van der Waals surface area contributed by atoms with Gasteiger partial charge in [0.05, 0.1) is 11.8 Å². The summed E-state index contributed by atoms with van der Waals surface area (Å²) in [5.41, 5.74) is 1.66. The lowest BCUT2D eigenvalue weighted by atomic mass is 9.81. The standard InChI is InChI=1S/C24H23ClN2O4/c1-15-6-8-16(9-7-15)21(28)14-26(22(29)17-10-12-18(25)13-11-17)27-23(30)19-4-2-3-5-20(19)24(27)31/h6-13,19-20H,2-5,14H2,1H3/t19-,20-/m1/s1. The first-order valence-electron chi connectivity index (χ1n) is 10.4. The first-order chi connectivity index (χ1) is 14.9. The van der Waals surface area contributed by atoms with E-state index in [9.17, 15) is 19.2 Å². The van der Waals surface area contributed by atoms with Gasteiger partial charge in [-0.05, 0) is 44.0 Å². The molecule has 0 spiro atoms. The van der Waals surface area contributed by atoms with Gasteiger partial charge >= 0.3 is 0 Å². The molecule has 0 N–H and O–H groups in total. The molecule has 1 saturated heterocycles. The van der Waals surface area contributed by atoms with Crippen LogP contribution < -0.4 is 0 Å². The van der Waals surface area contributed by atoms with Crippen molar-refractivity contribution in [1.82, 2.24) is 10.0 Å². The summed E-state index contributed by atoms with van der Waals surface area (Å²) in [6, 6.07) is 13.1. The number of halogens is 1. The predicted octanol–water partition coefficient (Wildman–Crippen LogP) is 4.06. The topological polar surface area (TPSA) is 74.8 Å². The molecule has 1 aliphatic carbocycles. The number of amides is 3. The molecule has 2 aromatic carbocycles. The molecule has 1 heterocycles. The molecule has 0 radical (unpaired) electrons. The largest absolute Gasteiger partial charge is 0.292 e. The lowest BCUT2D eigenvalue weighted by molar-refractivity contribution is -0.154. The molecule has 2 fully saturated rings. The van der Waals surface area contributed by atoms with Crippen molar-refractivity contribution in [3.63, 3.8) is 0 Å². The number of hydrogen-bond donors (Lipinski definition) is 0. The predicted molar refractivity (Wildman–Crippen MR) is 115 cm³/mol. The van der Waals surface area contributed by atoms with Crippen LogP contribution in [0.15, 0.2) is 48.5 Å². The van der Waals surface area contributed by atoms with Crippen molar-refractivity contribution in [1.29, 1.82) is 0 Å². The molecule has 3 amide bonds. The van der Waals surface area contributed by atoms with E-state index < -0.39 is 36.1 Å². The van der Waals surface area contributed by atoms with Crippen molar-refractivity contribution in [2.45, 2.75) is 32.6 Å². The van der Waals surface area contributed by atoms with Crippen molar-refractivity contribution in [3.8, 4) is 0 Å². The van der Waals surface area contributed by atoms with Crippen LogP contribution in [0.3, 0.4) is 0 Å². The minimum absolute atomic E-state index is 0.247. The number of hydrazine groups is 1. The second-order valence-corrected chi connectivity index (χ2v) is 8.58. The number of benzene rings is 2. The van der Waals surface area contributed by atoms with Crippen LogP contribution in [0.5, 0.6) is 0 Å². The number of Topliss-reactive ketones (excluding diaryl/α,β-unsaturated/α-hetero) is 1. The van der Waals surface area contributed by atoms with Gasteiger partial charge in [0.2, 0.25) is 0 Å². The van der Waals surface area contributed by atoms with Gasteiger partial charge < -0.3 is 0 Å². The van der Waals surface area contributed by atoms with E-state index in [1.807, 2.05) is 6.92 Å². The Morgan fingerprint density at radius 2 is 1.42 bits per heavy atom. The summed E-state index contributed by atoms with van der Waals surface area (Å²) in [6.45, 7) is 1.51. The van der Waals surface area contributed by atoms with E-state index in [1.165, 1.54) is 12.1 Å². The molecule has 1 aliphatic heterocycles. The summed E-state index contributed by atoms with van der Waals surface area (Å²) >= 11 is 5.93. The highest BCUT2D eigenvalue weighted by atomic mass is 35.5. The highest BCUT2D eigenvalue weighted by molar-refractivity contribution is 6.30. The molecule has 6 nitrogen and oxygen atoms in total. The molecule has 1 saturated carbocycles. The van der Waals surface area contributed by atoms with E-state index in [1.54, 1.807) is 36.4 Å². The van der Waals surface area contributed by atoms with Crippen molar-refractivity contribution < 1.29 is 19.2 Å². The molecule has 160 valence electrons. The fourth-order valence-corrected chi connectivity index (χ4v) is 4.45. The highest BCUT2D eigenvalue weighted by Crippen LogP contribution is 2.39. The van der Waals surface area contributed by atoms with Crippen molar-refractivity contribution in [2.24, 2.45) is 11.8 Å². The Labute approximate surface area is 185 Å². The molecular weight excluding hydrogens is 416 g/mol. The van der Waals surface area contributed by atoms with Crippen LogP contribution in [0.4, 0.5) is 0 Å². The number of carbonyl (C=O) groups excluding carboxylic acids is 4. The minimum atomic E-state index is -0.586.